The Bertz CT molecular complexity index is 854. The van der Waals surface area contributed by atoms with Crippen LogP contribution >= 0.6 is 0 Å². The van der Waals surface area contributed by atoms with Gasteiger partial charge in [-0.3, -0.25) is 4.79 Å². The van der Waals surface area contributed by atoms with Crippen molar-refractivity contribution >= 4 is 22.7 Å². The van der Waals surface area contributed by atoms with E-state index in [0.29, 0.717) is 5.52 Å². The maximum atomic E-state index is 12.3. The van der Waals surface area contributed by atoms with Crippen LogP contribution in [0.3, 0.4) is 0 Å². The third kappa shape index (κ3) is 2.58. The zero-order valence-electron chi connectivity index (χ0n) is 11.8. The highest BCUT2D eigenvalue weighted by molar-refractivity contribution is 6.08. The minimum atomic E-state index is -0.652. The van der Waals surface area contributed by atoms with Crippen molar-refractivity contribution in [2.24, 2.45) is 0 Å². The average Bonchev–Trinajstić information content (AvgIpc) is 3.04. The van der Waals surface area contributed by atoms with Crippen molar-refractivity contribution in [2.75, 3.05) is 6.61 Å². The van der Waals surface area contributed by atoms with Crippen LogP contribution in [0.4, 0.5) is 0 Å². The second kappa shape index (κ2) is 5.77. The second-order valence-corrected chi connectivity index (χ2v) is 4.52. The van der Waals surface area contributed by atoms with Gasteiger partial charge in [-0.1, -0.05) is 29.4 Å². The lowest BCUT2D eigenvalue weighted by Gasteiger charge is -1.99. The third-order valence-electron chi connectivity index (χ3n) is 3.05. The van der Waals surface area contributed by atoms with E-state index in [1.807, 2.05) is 30.3 Å². The number of fused-ring (bicyclic) bond motifs is 1. The summed E-state index contributed by atoms with van der Waals surface area (Å²) in [6.45, 7) is 1.90. The molecule has 22 heavy (non-hydrogen) atoms. The molecular formula is C16H12N2O4. The fraction of sp³-hybridized carbons (Fsp3) is 0.125. The summed E-state index contributed by atoms with van der Waals surface area (Å²) in [7, 11) is 0. The molecule has 1 aromatic carbocycles. The van der Waals surface area contributed by atoms with Gasteiger partial charge in [-0.05, 0) is 19.1 Å². The number of carbonyl (C=O) groups is 2. The van der Waals surface area contributed by atoms with Gasteiger partial charge in [0.1, 0.15) is 5.69 Å². The number of hydrogen-bond donors (Lipinski definition) is 0. The fourth-order valence-corrected chi connectivity index (χ4v) is 2.00. The van der Waals surface area contributed by atoms with Gasteiger partial charge in [0.05, 0.1) is 12.1 Å². The number of carbonyl (C=O) groups excluding carboxylic acids is 2. The molecule has 2 aromatic heterocycles. The summed E-state index contributed by atoms with van der Waals surface area (Å²) >= 11 is 0. The number of aromatic nitrogens is 2. The summed E-state index contributed by atoms with van der Waals surface area (Å²) in [4.78, 5) is 28.2. The van der Waals surface area contributed by atoms with Crippen molar-refractivity contribution in [1.29, 1.82) is 0 Å². The number of pyridine rings is 1. The molecular weight excluding hydrogens is 284 g/mol. The molecule has 3 rings (SSSR count). The van der Waals surface area contributed by atoms with Crippen molar-refractivity contribution in [2.45, 2.75) is 6.92 Å². The predicted octanol–water partition coefficient (Wildman–Crippen LogP) is 2.63. The Morgan fingerprint density at radius 1 is 1.14 bits per heavy atom. The van der Waals surface area contributed by atoms with Crippen molar-refractivity contribution in [3.8, 4) is 0 Å². The summed E-state index contributed by atoms with van der Waals surface area (Å²) in [5.74, 6) is -1.17. The molecule has 0 aliphatic heterocycles. The highest BCUT2D eigenvalue weighted by Crippen LogP contribution is 2.15. The van der Waals surface area contributed by atoms with Crippen LogP contribution in [0.15, 0.2) is 47.0 Å². The molecule has 0 radical (unpaired) electrons. The Morgan fingerprint density at radius 2 is 1.95 bits per heavy atom. The lowest BCUT2D eigenvalue weighted by atomic mass is 10.1. The van der Waals surface area contributed by atoms with Gasteiger partial charge in [0.15, 0.2) is 5.69 Å². The van der Waals surface area contributed by atoms with Crippen LogP contribution in [-0.4, -0.2) is 28.5 Å². The number of hydrogen-bond acceptors (Lipinski definition) is 6. The Kier molecular flexibility index (Phi) is 3.65. The van der Waals surface area contributed by atoms with Crippen LogP contribution in [0.5, 0.6) is 0 Å². The summed E-state index contributed by atoms with van der Waals surface area (Å²) in [5, 5.41) is 4.55. The molecule has 0 aliphatic rings. The molecule has 0 saturated heterocycles. The second-order valence-electron chi connectivity index (χ2n) is 4.52. The maximum Gasteiger partial charge on any atom is 0.377 e. The number of ketones is 1. The van der Waals surface area contributed by atoms with E-state index in [9.17, 15) is 9.59 Å². The highest BCUT2D eigenvalue weighted by atomic mass is 16.6. The topological polar surface area (TPSA) is 82.3 Å². The van der Waals surface area contributed by atoms with Crippen molar-refractivity contribution in [3.63, 3.8) is 0 Å². The Balaban J connectivity index is 1.90. The molecule has 0 fully saturated rings. The van der Waals surface area contributed by atoms with Crippen LogP contribution in [0.2, 0.25) is 0 Å². The van der Waals surface area contributed by atoms with Crippen LogP contribution in [0.1, 0.15) is 33.7 Å². The number of benzene rings is 1. The Hall–Kier alpha value is -3.02. The summed E-state index contributed by atoms with van der Waals surface area (Å²) in [5.41, 5.74) is 0.968. The third-order valence-corrected chi connectivity index (χ3v) is 3.05. The zero-order valence-corrected chi connectivity index (χ0v) is 11.8. The lowest BCUT2D eigenvalue weighted by molar-refractivity contribution is 0.0479. The molecule has 0 amide bonds. The smallest absolute Gasteiger partial charge is 0.377 e. The molecule has 6 heteroatoms. The van der Waals surface area contributed by atoms with Crippen molar-refractivity contribution in [1.82, 2.24) is 10.1 Å². The first-order valence-corrected chi connectivity index (χ1v) is 6.73. The quantitative estimate of drug-likeness (QED) is 0.543. The van der Waals surface area contributed by atoms with E-state index < -0.39 is 11.8 Å². The van der Waals surface area contributed by atoms with E-state index in [1.165, 1.54) is 6.07 Å². The maximum absolute atomic E-state index is 12.3. The van der Waals surface area contributed by atoms with E-state index in [2.05, 4.69) is 10.1 Å². The van der Waals surface area contributed by atoms with Gasteiger partial charge in [-0.15, -0.1) is 0 Å². The van der Waals surface area contributed by atoms with E-state index in [-0.39, 0.29) is 23.8 Å². The molecule has 0 bridgehead atoms. The minimum Gasteiger partial charge on any atom is -0.460 e. The van der Waals surface area contributed by atoms with Crippen molar-refractivity contribution < 1.29 is 18.8 Å². The van der Waals surface area contributed by atoms with Gasteiger partial charge in [0, 0.05) is 11.5 Å². The lowest BCUT2D eigenvalue weighted by Crippen LogP contribution is -2.05. The summed E-state index contributed by atoms with van der Waals surface area (Å²) in [6, 6.07) is 12.2. The fourth-order valence-electron chi connectivity index (χ4n) is 2.00. The van der Waals surface area contributed by atoms with E-state index in [1.54, 1.807) is 13.0 Å². The average molecular weight is 296 g/mol. The van der Waals surface area contributed by atoms with Gasteiger partial charge < -0.3 is 9.26 Å². The molecule has 110 valence electrons. The normalized spacial score (nSPS) is 10.6. The summed E-state index contributed by atoms with van der Waals surface area (Å²) in [6.07, 6.45) is 0. The number of esters is 1. The molecule has 6 nitrogen and oxygen atoms in total. The molecule has 3 aromatic rings. The number of nitrogens with zero attached hydrogens (tertiary/aromatic N) is 2. The predicted molar refractivity (Wildman–Crippen MR) is 77.6 cm³/mol. The molecule has 0 unspecified atom stereocenters. The van der Waals surface area contributed by atoms with Gasteiger partial charge in [-0.2, -0.15) is 0 Å². The zero-order chi connectivity index (χ0) is 15.5. The van der Waals surface area contributed by atoms with Gasteiger partial charge >= 0.3 is 5.97 Å². The van der Waals surface area contributed by atoms with E-state index in [0.717, 1.165) is 5.39 Å². The molecule has 0 aliphatic carbocycles. The first-order chi connectivity index (χ1) is 10.7. The molecule has 0 atom stereocenters. The van der Waals surface area contributed by atoms with Crippen molar-refractivity contribution in [3.05, 3.63) is 59.6 Å². The first-order valence-electron chi connectivity index (χ1n) is 6.73. The number of rotatable bonds is 4. The van der Waals surface area contributed by atoms with Crippen LogP contribution in [0.25, 0.3) is 10.9 Å². The SMILES string of the molecule is CCOC(=O)c1cc(C(=O)c2ccc3ccccc3n2)no1. The standard InChI is InChI=1S/C16H12N2O4/c1-2-21-16(20)14-9-13(18-22-14)15(19)12-8-7-10-5-3-4-6-11(10)17-12/h3-9H,2H2,1H3. The highest BCUT2D eigenvalue weighted by Gasteiger charge is 2.20. The molecule has 2 heterocycles. The van der Waals surface area contributed by atoms with Crippen LogP contribution in [0, 0.1) is 0 Å². The van der Waals surface area contributed by atoms with E-state index >= 15 is 0 Å². The monoisotopic (exact) mass is 296 g/mol. The number of ether oxygens (including phenoxy) is 1. The largest absolute Gasteiger partial charge is 0.460 e. The van der Waals surface area contributed by atoms with Gasteiger partial charge in [0.25, 0.3) is 0 Å². The Labute approximate surface area is 125 Å². The van der Waals surface area contributed by atoms with Crippen LogP contribution in [-0.2, 0) is 4.74 Å². The number of para-hydroxylation sites is 1. The molecule has 0 saturated carbocycles. The molecule has 0 spiro atoms. The first kappa shape index (κ1) is 13.9. The Morgan fingerprint density at radius 3 is 2.77 bits per heavy atom. The van der Waals surface area contributed by atoms with Gasteiger partial charge in [-0.25, -0.2) is 9.78 Å². The van der Waals surface area contributed by atoms with E-state index in [4.69, 9.17) is 9.26 Å². The molecule has 0 N–H and O–H groups in total. The van der Waals surface area contributed by atoms with Gasteiger partial charge in [0.2, 0.25) is 11.5 Å². The minimum absolute atomic E-state index is 0.0193. The van der Waals surface area contributed by atoms with Crippen LogP contribution < -0.4 is 0 Å². The summed E-state index contributed by atoms with van der Waals surface area (Å²) < 4.78 is 9.62.